The molecule has 0 radical (unpaired) electrons. The van der Waals surface area contributed by atoms with Crippen molar-refractivity contribution in [3.05, 3.63) is 51.8 Å². The van der Waals surface area contributed by atoms with E-state index in [1.54, 1.807) is 29.9 Å². The molecule has 0 aliphatic heterocycles. The average molecular weight is 407 g/mol. The molecule has 24 heavy (non-hydrogen) atoms. The molecule has 3 aromatic heterocycles. The summed E-state index contributed by atoms with van der Waals surface area (Å²) < 4.78 is 5.37. The minimum Gasteiger partial charge on any atom is -0.464 e. The summed E-state index contributed by atoms with van der Waals surface area (Å²) >= 11 is 4.56. The zero-order valence-corrected chi connectivity index (χ0v) is 14.8. The van der Waals surface area contributed by atoms with Gasteiger partial charge in [-0.25, -0.2) is 9.78 Å². The number of carbonyl (C=O) groups is 2. The van der Waals surface area contributed by atoms with Crippen LogP contribution in [0.1, 0.15) is 20.8 Å². The maximum Gasteiger partial charge on any atom is 0.354 e. The number of hydrogen-bond donors (Lipinski definition) is 2. The van der Waals surface area contributed by atoms with E-state index < -0.39 is 5.97 Å². The molecule has 0 aromatic carbocycles. The van der Waals surface area contributed by atoms with Crippen molar-refractivity contribution in [2.75, 3.05) is 12.4 Å². The zero-order chi connectivity index (χ0) is 17.1. The van der Waals surface area contributed by atoms with Gasteiger partial charge in [0.1, 0.15) is 5.69 Å². The van der Waals surface area contributed by atoms with Crippen LogP contribution in [0.4, 0.5) is 5.13 Å². The molecule has 0 atom stereocenters. The number of aromatic amines is 1. The van der Waals surface area contributed by atoms with Crippen molar-refractivity contribution in [3.8, 4) is 11.3 Å². The van der Waals surface area contributed by atoms with Crippen molar-refractivity contribution in [2.24, 2.45) is 0 Å². The molecule has 0 aliphatic carbocycles. The predicted molar refractivity (Wildman–Crippen MR) is 93.1 cm³/mol. The van der Waals surface area contributed by atoms with Crippen LogP contribution >= 0.6 is 27.3 Å². The number of rotatable bonds is 4. The summed E-state index contributed by atoms with van der Waals surface area (Å²) in [6.45, 7) is 0. The number of amides is 1. The second-order valence-corrected chi connectivity index (χ2v) is 6.45. The van der Waals surface area contributed by atoms with E-state index >= 15 is 0 Å². The highest BCUT2D eigenvalue weighted by atomic mass is 79.9. The lowest BCUT2D eigenvalue weighted by Crippen LogP contribution is -2.11. The molecule has 0 saturated heterocycles. The van der Waals surface area contributed by atoms with Crippen LogP contribution in [0.15, 0.2) is 40.6 Å². The molecule has 1 amide bonds. The average Bonchev–Trinajstić information content (AvgIpc) is 3.23. The first-order valence-electron chi connectivity index (χ1n) is 6.71. The largest absolute Gasteiger partial charge is 0.464 e. The Labute approximate surface area is 149 Å². The molecule has 0 fully saturated rings. The monoisotopic (exact) mass is 406 g/mol. The van der Waals surface area contributed by atoms with Gasteiger partial charge >= 0.3 is 5.97 Å². The summed E-state index contributed by atoms with van der Waals surface area (Å²) in [5.74, 6) is -0.749. The number of ether oxygens (including phenoxy) is 1. The standard InChI is InChI=1S/C15H11BrN4O3S/c1-23-14(22)11-3-8(5-18-11)12-7-24-15(19-12)20-13(21)9-2-10(16)6-17-4-9/h2-7,18H,1H3,(H,19,20,21). The molecule has 3 heterocycles. The predicted octanol–water partition coefficient (Wildman–Crippen LogP) is 3.33. The summed E-state index contributed by atoms with van der Waals surface area (Å²) in [5.41, 5.74) is 2.15. The van der Waals surface area contributed by atoms with Crippen molar-refractivity contribution in [2.45, 2.75) is 0 Å². The van der Waals surface area contributed by atoms with Crippen LogP contribution in [-0.4, -0.2) is 33.9 Å². The number of aromatic nitrogens is 3. The normalized spacial score (nSPS) is 10.4. The molecular formula is C15H11BrN4O3S. The van der Waals surface area contributed by atoms with Gasteiger partial charge in [0.2, 0.25) is 0 Å². The lowest BCUT2D eigenvalue weighted by Gasteiger charge is -2.01. The lowest BCUT2D eigenvalue weighted by molar-refractivity contribution is 0.0594. The van der Waals surface area contributed by atoms with Crippen LogP contribution in [-0.2, 0) is 4.74 Å². The molecule has 3 rings (SSSR count). The smallest absolute Gasteiger partial charge is 0.354 e. The number of halogens is 1. The van der Waals surface area contributed by atoms with Gasteiger partial charge in [0.05, 0.1) is 18.4 Å². The fourth-order valence-electron chi connectivity index (χ4n) is 1.94. The maximum atomic E-state index is 12.2. The highest BCUT2D eigenvalue weighted by molar-refractivity contribution is 9.10. The Kier molecular flexibility index (Phi) is 4.72. The second-order valence-electron chi connectivity index (χ2n) is 4.68. The Morgan fingerprint density at radius 1 is 1.33 bits per heavy atom. The topological polar surface area (TPSA) is 97.0 Å². The van der Waals surface area contributed by atoms with E-state index in [4.69, 9.17) is 0 Å². The molecule has 0 unspecified atom stereocenters. The van der Waals surface area contributed by atoms with E-state index in [0.29, 0.717) is 22.1 Å². The van der Waals surface area contributed by atoms with E-state index in [1.165, 1.54) is 24.6 Å². The summed E-state index contributed by atoms with van der Waals surface area (Å²) in [6.07, 6.45) is 4.73. The minimum atomic E-state index is -0.452. The van der Waals surface area contributed by atoms with Crippen molar-refractivity contribution >= 4 is 44.3 Å². The van der Waals surface area contributed by atoms with E-state index in [2.05, 4.69) is 40.9 Å². The van der Waals surface area contributed by atoms with E-state index in [0.717, 1.165) is 10.0 Å². The first-order chi connectivity index (χ1) is 11.6. The Morgan fingerprint density at radius 3 is 2.92 bits per heavy atom. The van der Waals surface area contributed by atoms with Gasteiger partial charge in [0.15, 0.2) is 5.13 Å². The number of H-pyrrole nitrogens is 1. The quantitative estimate of drug-likeness (QED) is 0.647. The van der Waals surface area contributed by atoms with E-state index in [1.807, 2.05) is 0 Å². The Balaban J connectivity index is 1.75. The first-order valence-corrected chi connectivity index (χ1v) is 8.38. The number of pyridine rings is 1. The van der Waals surface area contributed by atoms with Crippen molar-refractivity contribution in [3.63, 3.8) is 0 Å². The van der Waals surface area contributed by atoms with Gasteiger partial charge in [-0.05, 0) is 28.1 Å². The van der Waals surface area contributed by atoms with Crippen LogP contribution in [0, 0.1) is 0 Å². The van der Waals surface area contributed by atoms with E-state index in [9.17, 15) is 9.59 Å². The summed E-state index contributed by atoms with van der Waals surface area (Å²) in [5, 5.41) is 4.97. The number of esters is 1. The van der Waals surface area contributed by atoms with Gasteiger partial charge in [0, 0.05) is 34.0 Å². The molecule has 122 valence electrons. The van der Waals surface area contributed by atoms with Crippen LogP contribution < -0.4 is 5.32 Å². The number of methoxy groups -OCH3 is 1. The number of carbonyl (C=O) groups excluding carboxylic acids is 2. The first kappa shape index (κ1) is 16.3. The Hall–Kier alpha value is -2.52. The maximum absolute atomic E-state index is 12.2. The minimum absolute atomic E-state index is 0.297. The lowest BCUT2D eigenvalue weighted by atomic mass is 10.2. The van der Waals surface area contributed by atoms with Gasteiger partial charge < -0.3 is 9.72 Å². The van der Waals surface area contributed by atoms with Gasteiger partial charge in [-0.15, -0.1) is 11.3 Å². The third-order valence-corrected chi connectivity index (χ3v) is 4.27. The van der Waals surface area contributed by atoms with Gasteiger partial charge in [-0.2, -0.15) is 0 Å². The summed E-state index contributed by atoms with van der Waals surface area (Å²) in [4.78, 5) is 34.8. The molecule has 0 spiro atoms. The summed E-state index contributed by atoms with van der Waals surface area (Å²) in [7, 11) is 1.32. The molecule has 7 nitrogen and oxygen atoms in total. The Bertz CT molecular complexity index is 906. The molecule has 0 saturated carbocycles. The van der Waals surface area contributed by atoms with E-state index in [-0.39, 0.29) is 5.91 Å². The number of nitrogens with zero attached hydrogens (tertiary/aromatic N) is 2. The van der Waals surface area contributed by atoms with Crippen molar-refractivity contribution < 1.29 is 14.3 Å². The number of thiazole rings is 1. The molecule has 0 aliphatic rings. The third kappa shape index (κ3) is 3.52. The second kappa shape index (κ2) is 6.93. The van der Waals surface area contributed by atoms with Crippen LogP contribution in [0.25, 0.3) is 11.3 Å². The van der Waals surface area contributed by atoms with Crippen molar-refractivity contribution in [1.29, 1.82) is 0 Å². The molecule has 3 aromatic rings. The fraction of sp³-hybridized carbons (Fsp3) is 0.0667. The summed E-state index contributed by atoms with van der Waals surface area (Å²) in [6, 6.07) is 3.32. The molecule has 0 bridgehead atoms. The highest BCUT2D eigenvalue weighted by Crippen LogP contribution is 2.26. The zero-order valence-electron chi connectivity index (χ0n) is 12.4. The molecule has 9 heteroatoms. The molecular weight excluding hydrogens is 396 g/mol. The SMILES string of the molecule is COC(=O)c1cc(-c2csc(NC(=O)c3cncc(Br)c3)n2)c[nH]1. The number of nitrogens with one attached hydrogen (secondary N) is 2. The van der Waals surface area contributed by atoms with Gasteiger partial charge in [0.25, 0.3) is 5.91 Å². The third-order valence-electron chi connectivity index (χ3n) is 3.08. The van der Waals surface area contributed by atoms with Gasteiger partial charge in [-0.1, -0.05) is 0 Å². The fourth-order valence-corrected chi connectivity index (χ4v) is 3.02. The van der Waals surface area contributed by atoms with Crippen LogP contribution in [0.2, 0.25) is 0 Å². The number of hydrogen-bond acceptors (Lipinski definition) is 6. The number of anilines is 1. The van der Waals surface area contributed by atoms with Crippen LogP contribution in [0.5, 0.6) is 0 Å². The van der Waals surface area contributed by atoms with Crippen LogP contribution in [0.3, 0.4) is 0 Å². The molecule has 2 N–H and O–H groups in total. The highest BCUT2D eigenvalue weighted by Gasteiger charge is 2.13. The van der Waals surface area contributed by atoms with Gasteiger partial charge in [-0.3, -0.25) is 15.1 Å². The van der Waals surface area contributed by atoms with Crippen molar-refractivity contribution in [1.82, 2.24) is 15.0 Å². The Morgan fingerprint density at radius 2 is 2.17 bits per heavy atom.